The summed E-state index contributed by atoms with van der Waals surface area (Å²) in [6.07, 6.45) is 1.98. The lowest BCUT2D eigenvalue weighted by molar-refractivity contribution is -0.149. The van der Waals surface area contributed by atoms with Crippen molar-refractivity contribution in [3.63, 3.8) is 0 Å². The molecule has 4 unspecified atom stereocenters. The summed E-state index contributed by atoms with van der Waals surface area (Å²) in [5.74, 6) is -1.15. The summed E-state index contributed by atoms with van der Waals surface area (Å²) in [4.78, 5) is 25.2. The highest BCUT2D eigenvalue weighted by molar-refractivity contribution is 8.00. The molecule has 0 spiro atoms. The molecule has 1 aromatic carbocycles. The number of carbonyl (C=O) groups is 2. The molecule has 1 aromatic rings. The van der Waals surface area contributed by atoms with Gasteiger partial charge in [0.2, 0.25) is 5.91 Å². The number of nitrogens with two attached hydrogens (primary N) is 1. The third kappa shape index (κ3) is 2.65. The molecule has 4 atom stereocenters. The van der Waals surface area contributed by atoms with Crippen molar-refractivity contribution >= 4 is 23.6 Å². The fraction of sp³-hybridized carbons (Fsp3) is 0.467. The number of hydrogen-bond donors (Lipinski definition) is 2. The van der Waals surface area contributed by atoms with E-state index in [4.69, 9.17) is 5.73 Å². The Morgan fingerprint density at radius 3 is 2.71 bits per heavy atom. The molecule has 5 nitrogen and oxygen atoms in total. The summed E-state index contributed by atoms with van der Waals surface area (Å²) in [5, 5.41) is 9.17. The Morgan fingerprint density at radius 1 is 1.33 bits per heavy atom. The molecule has 2 fully saturated rings. The summed E-state index contributed by atoms with van der Waals surface area (Å²) in [7, 11) is 0. The number of benzene rings is 1. The van der Waals surface area contributed by atoms with E-state index in [0.29, 0.717) is 6.42 Å². The van der Waals surface area contributed by atoms with Gasteiger partial charge in [-0.2, -0.15) is 0 Å². The average molecular weight is 306 g/mol. The molecule has 0 bridgehead atoms. The zero-order chi connectivity index (χ0) is 15.0. The standard InChI is InChI=1S/C15H18N2O3S/c16-13-11(8-9-4-2-1-3-5-9)21-12-7-6-10(15(19)20)17(12)14(13)18/h1-5,10-13H,6-8,16H2,(H,19,20). The van der Waals surface area contributed by atoms with E-state index in [1.807, 2.05) is 30.3 Å². The van der Waals surface area contributed by atoms with E-state index >= 15 is 0 Å². The van der Waals surface area contributed by atoms with Gasteiger partial charge in [0, 0.05) is 5.25 Å². The van der Waals surface area contributed by atoms with Gasteiger partial charge in [-0.25, -0.2) is 4.79 Å². The molecule has 2 aliphatic rings. The zero-order valence-corrected chi connectivity index (χ0v) is 12.3. The summed E-state index contributed by atoms with van der Waals surface area (Å²) < 4.78 is 0. The van der Waals surface area contributed by atoms with Gasteiger partial charge in [0.1, 0.15) is 6.04 Å². The number of thioether (sulfide) groups is 1. The molecule has 1 amide bonds. The molecule has 2 heterocycles. The van der Waals surface area contributed by atoms with Gasteiger partial charge in [-0.3, -0.25) is 4.79 Å². The van der Waals surface area contributed by atoms with Crippen LogP contribution in [0.5, 0.6) is 0 Å². The number of nitrogens with zero attached hydrogens (tertiary/aromatic N) is 1. The largest absolute Gasteiger partial charge is 0.480 e. The highest BCUT2D eigenvalue weighted by atomic mass is 32.2. The lowest BCUT2D eigenvalue weighted by Gasteiger charge is -2.39. The van der Waals surface area contributed by atoms with Gasteiger partial charge < -0.3 is 15.7 Å². The minimum absolute atomic E-state index is 0.00805. The highest BCUT2D eigenvalue weighted by Gasteiger charge is 2.49. The molecule has 3 N–H and O–H groups in total. The SMILES string of the molecule is NC1C(=O)N2C(CCC2C(=O)O)SC1Cc1ccccc1. The van der Waals surface area contributed by atoms with Crippen LogP contribution in [0.1, 0.15) is 18.4 Å². The molecule has 2 aliphatic heterocycles. The molecule has 0 aromatic heterocycles. The second-order valence-corrected chi connectivity index (χ2v) is 6.94. The first-order valence-corrected chi connectivity index (χ1v) is 8.02. The van der Waals surface area contributed by atoms with E-state index in [1.165, 1.54) is 4.90 Å². The van der Waals surface area contributed by atoms with Crippen LogP contribution >= 0.6 is 11.8 Å². The van der Waals surface area contributed by atoms with Crippen LogP contribution in [-0.4, -0.2) is 44.6 Å². The van der Waals surface area contributed by atoms with Crippen LogP contribution in [0.4, 0.5) is 0 Å². The van der Waals surface area contributed by atoms with Crippen molar-refractivity contribution in [2.75, 3.05) is 0 Å². The molecular weight excluding hydrogens is 288 g/mol. The predicted octanol–water partition coefficient (Wildman–Crippen LogP) is 1.07. The van der Waals surface area contributed by atoms with E-state index in [9.17, 15) is 14.7 Å². The minimum atomic E-state index is -0.930. The lowest BCUT2D eigenvalue weighted by Crippen LogP contribution is -2.59. The zero-order valence-electron chi connectivity index (χ0n) is 11.5. The lowest BCUT2D eigenvalue weighted by atomic mass is 10.0. The third-order valence-electron chi connectivity index (χ3n) is 4.17. The Hall–Kier alpha value is -1.53. The number of carboxylic acids is 1. The monoisotopic (exact) mass is 306 g/mol. The van der Waals surface area contributed by atoms with Crippen molar-refractivity contribution in [1.29, 1.82) is 0 Å². The van der Waals surface area contributed by atoms with Gasteiger partial charge in [0.25, 0.3) is 0 Å². The average Bonchev–Trinajstić information content (AvgIpc) is 2.89. The molecule has 3 rings (SSSR count). The van der Waals surface area contributed by atoms with Crippen molar-refractivity contribution in [3.05, 3.63) is 35.9 Å². The number of carboxylic acid groups (broad SMARTS) is 1. The molecule has 6 heteroatoms. The number of hydrogen-bond acceptors (Lipinski definition) is 4. The van der Waals surface area contributed by atoms with Crippen molar-refractivity contribution in [3.8, 4) is 0 Å². The first kappa shape index (κ1) is 14.4. The number of fused-ring (bicyclic) bond motifs is 1. The summed E-state index contributed by atoms with van der Waals surface area (Å²) >= 11 is 1.65. The van der Waals surface area contributed by atoms with E-state index in [2.05, 4.69) is 0 Å². The highest BCUT2D eigenvalue weighted by Crippen LogP contribution is 2.40. The molecule has 112 valence electrons. The Bertz CT molecular complexity index is 551. The normalized spacial score (nSPS) is 32.0. The Morgan fingerprint density at radius 2 is 2.05 bits per heavy atom. The minimum Gasteiger partial charge on any atom is -0.480 e. The number of aliphatic carboxylic acids is 1. The topological polar surface area (TPSA) is 83.6 Å². The van der Waals surface area contributed by atoms with Gasteiger partial charge in [-0.1, -0.05) is 30.3 Å². The van der Waals surface area contributed by atoms with Crippen LogP contribution in [0.2, 0.25) is 0 Å². The maximum atomic E-state index is 12.4. The van der Waals surface area contributed by atoms with Gasteiger partial charge in [-0.05, 0) is 24.8 Å². The fourth-order valence-electron chi connectivity index (χ4n) is 3.09. The summed E-state index contributed by atoms with van der Waals surface area (Å²) in [5.41, 5.74) is 7.24. The van der Waals surface area contributed by atoms with Gasteiger partial charge in [0.15, 0.2) is 0 Å². The van der Waals surface area contributed by atoms with Crippen LogP contribution in [0.25, 0.3) is 0 Å². The second-order valence-electron chi connectivity index (χ2n) is 5.52. The maximum absolute atomic E-state index is 12.4. The Balaban J connectivity index is 1.76. The molecule has 21 heavy (non-hydrogen) atoms. The maximum Gasteiger partial charge on any atom is 0.326 e. The van der Waals surface area contributed by atoms with Crippen molar-refractivity contribution in [1.82, 2.24) is 4.90 Å². The van der Waals surface area contributed by atoms with Crippen LogP contribution in [0.15, 0.2) is 30.3 Å². The van der Waals surface area contributed by atoms with Gasteiger partial charge >= 0.3 is 5.97 Å². The number of rotatable bonds is 3. The van der Waals surface area contributed by atoms with Crippen molar-refractivity contribution < 1.29 is 14.7 Å². The second kappa shape index (κ2) is 5.69. The van der Waals surface area contributed by atoms with E-state index < -0.39 is 18.1 Å². The van der Waals surface area contributed by atoms with Gasteiger partial charge in [0.05, 0.1) is 11.4 Å². The van der Waals surface area contributed by atoms with Gasteiger partial charge in [-0.15, -0.1) is 11.8 Å². The predicted molar refractivity (Wildman–Crippen MR) is 80.8 cm³/mol. The fourth-order valence-corrected chi connectivity index (χ4v) is 4.72. The first-order valence-electron chi connectivity index (χ1n) is 7.08. The van der Waals surface area contributed by atoms with Crippen molar-refractivity contribution in [2.24, 2.45) is 5.73 Å². The van der Waals surface area contributed by atoms with Crippen molar-refractivity contribution in [2.45, 2.75) is 42.0 Å². The van der Waals surface area contributed by atoms with Crippen LogP contribution in [0.3, 0.4) is 0 Å². The van der Waals surface area contributed by atoms with Crippen LogP contribution in [0, 0.1) is 0 Å². The molecule has 2 saturated heterocycles. The third-order valence-corrected chi connectivity index (χ3v) is 5.76. The molecule has 0 aliphatic carbocycles. The quantitative estimate of drug-likeness (QED) is 0.873. The molecule has 0 saturated carbocycles. The van der Waals surface area contributed by atoms with E-state index in [1.54, 1.807) is 11.8 Å². The Labute approximate surface area is 127 Å². The smallest absolute Gasteiger partial charge is 0.326 e. The van der Waals surface area contributed by atoms with E-state index in [0.717, 1.165) is 18.4 Å². The van der Waals surface area contributed by atoms with E-state index in [-0.39, 0.29) is 16.5 Å². The summed E-state index contributed by atoms with van der Waals surface area (Å²) in [6.45, 7) is 0. The Kier molecular flexibility index (Phi) is 3.91. The number of carbonyl (C=O) groups excluding carboxylic acids is 1. The summed E-state index contributed by atoms with van der Waals surface area (Å²) in [6, 6.07) is 8.61. The molecule has 0 radical (unpaired) electrons. The molecular formula is C15H18N2O3S. The number of amides is 1. The van der Waals surface area contributed by atoms with Crippen LogP contribution < -0.4 is 5.73 Å². The van der Waals surface area contributed by atoms with Crippen LogP contribution in [-0.2, 0) is 16.0 Å². The first-order chi connectivity index (χ1) is 10.1.